The lowest BCUT2D eigenvalue weighted by atomic mass is 9.87. The molecule has 1 aliphatic carbocycles. The smallest absolute Gasteiger partial charge is 0.341 e. The lowest BCUT2D eigenvalue weighted by Gasteiger charge is -2.33. The highest BCUT2D eigenvalue weighted by molar-refractivity contribution is 5.93. The van der Waals surface area contributed by atoms with Crippen LogP contribution < -0.4 is 10.7 Å². The molecule has 1 aliphatic heterocycles. The Bertz CT molecular complexity index is 1160. The summed E-state index contributed by atoms with van der Waals surface area (Å²) < 4.78 is 46.9. The van der Waals surface area contributed by atoms with E-state index >= 15 is 13.2 Å². The first-order chi connectivity index (χ1) is 13.2. The van der Waals surface area contributed by atoms with Crippen molar-refractivity contribution in [2.75, 3.05) is 0 Å². The van der Waals surface area contributed by atoms with E-state index in [9.17, 15) is 14.7 Å². The molecule has 1 saturated carbocycles. The molecule has 1 unspecified atom stereocenters. The van der Waals surface area contributed by atoms with Crippen molar-refractivity contribution in [1.82, 2.24) is 9.88 Å². The Kier molecular flexibility index (Phi) is 3.92. The standard InChI is InChI=1S/C20H17F3N2O3/c1-9-4-3-7-20(2,24-9)13-15(22)14(21)12-17(16(13)23)25(10-5-6-10)8-11(18(12)26)19(27)28/h3-4,7-8,10,24H,5-6H2,1-2H3,(H,27,28). The van der Waals surface area contributed by atoms with Gasteiger partial charge in [0.25, 0.3) is 0 Å². The number of dihydropyridines is 1. The van der Waals surface area contributed by atoms with E-state index in [1.54, 1.807) is 19.1 Å². The summed E-state index contributed by atoms with van der Waals surface area (Å²) in [5, 5.41) is 11.3. The van der Waals surface area contributed by atoms with Gasteiger partial charge in [-0.05, 0) is 32.8 Å². The first kappa shape index (κ1) is 18.3. The zero-order valence-corrected chi connectivity index (χ0v) is 15.1. The number of halogens is 3. The summed E-state index contributed by atoms with van der Waals surface area (Å²) in [5.41, 5.74) is -3.67. The lowest BCUT2D eigenvalue weighted by molar-refractivity contribution is 0.0694. The third-order valence-electron chi connectivity index (χ3n) is 5.22. The van der Waals surface area contributed by atoms with Crippen LogP contribution in [0.3, 0.4) is 0 Å². The van der Waals surface area contributed by atoms with Crippen molar-refractivity contribution in [1.29, 1.82) is 0 Å². The fourth-order valence-electron chi connectivity index (χ4n) is 3.77. The zero-order valence-electron chi connectivity index (χ0n) is 15.1. The van der Waals surface area contributed by atoms with Gasteiger partial charge < -0.3 is 15.0 Å². The largest absolute Gasteiger partial charge is 0.477 e. The molecule has 5 nitrogen and oxygen atoms in total. The predicted octanol–water partition coefficient (Wildman–Crippen LogP) is 3.73. The summed E-state index contributed by atoms with van der Waals surface area (Å²) in [6.45, 7) is 3.20. The molecule has 0 bridgehead atoms. The summed E-state index contributed by atoms with van der Waals surface area (Å²) in [7, 11) is 0. The molecule has 2 N–H and O–H groups in total. The minimum absolute atomic E-state index is 0.266. The molecular formula is C20H17F3N2O3. The number of hydrogen-bond acceptors (Lipinski definition) is 3. The van der Waals surface area contributed by atoms with Gasteiger partial charge in [0.15, 0.2) is 17.5 Å². The number of benzene rings is 1. The maximum Gasteiger partial charge on any atom is 0.341 e. The van der Waals surface area contributed by atoms with Crippen LogP contribution in [-0.4, -0.2) is 15.6 Å². The van der Waals surface area contributed by atoms with Crippen LogP contribution in [0, 0.1) is 17.5 Å². The second-order valence-corrected chi connectivity index (χ2v) is 7.39. The molecular weight excluding hydrogens is 373 g/mol. The molecule has 1 atom stereocenters. The number of carbonyl (C=O) groups is 1. The van der Waals surface area contributed by atoms with Gasteiger partial charge in [0.05, 0.1) is 22.0 Å². The van der Waals surface area contributed by atoms with Gasteiger partial charge in [-0.25, -0.2) is 18.0 Å². The fraction of sp³-hybridized carbons (Fsp3) is 0.300. The van der Waals surface area contributed by atoms with Crippen molar-refractivity contribution in [3.8, 4) is 0 Å². The topological polar surface area (TPSA) is 71.3 Å². The van der Waals surface area contributed by atoms with Crippen molar-refractivity contribution in [2.24, 2.45) is 0 Å². The van der Waals surface area contributed by atoms with Gasteiger partial charge >= 0.3 is 5.97 Å². The summed E-state index contributed by atoms with van der Waals surface area (Å²) in [6, 6.07) is -0.266. The van der Waals surface area contributed by atoms with E-state index in [0.29, 0.717) is 18.5 Å². The Morgan fingerprint density at radius 3 is 2.50 bits per heavy atom. The van der Waals surface area contributed by atoms with E-state index in [0.717, 1.165) is 6.20 Å². The quantitative estimate of drug-likeness (QED) is 0.784. The molecule has 4 rings (SSSR count). The van der Waals surface area contributed by atoms with Gasteiger partial charge in [-0.15, -0.1) is 0 Å². The monoisotopic (exact) mass is 390 g/mol. The number of aromatic carboxylic acids is 1. The SMILES string of the molecule is CC1=CC=CC(C)(c2c(F)c(F)c3c(=O)c(C(=O)O)cn(C4CC4)c3c2F)N1. The molecule has 2 aromatic rings. The Hall–Kier alpha value is -3.03. The molecule has 146 valence electrons. The van der Waals surface area contributed by atoms with Crippen LogP contribution in [-0.2, 0) is 5.54 Å². The van der Waals surface area contributed by atoms with Gasteiger partial charge in [0, 0.05) is 17.9 Å². The third kappa shape index (κ3) is 2.55. The molecule has 1 aromatic carbocycles. The van der Waals surface area contributed by atoms with Crippen LogP contribution in [0.5, 0.6) is 0 Å². The number of hydrogen-bond donors (Lipinski definition) is 2. The Morgan fingerprint density at radius 2 is 1.93 bits per heavy atom. The van der Waals surface area contributed by atoms with E-state index < -0.39 is 56.4 Å². The molecule has 0 radical (unpaired) electrons. The van der Waals surface area contributed by atoms with E-state index in [1.165, 1.54) is 17.6 Å². The number of carboxylic acids is 1. The van der Waals surface area contributed by atoms with Gasteiger partial charge in [0.2, 0.25) is 5.43 Å². The maximum atomic E-state index is 15.6. The summed E-state index contributed by atoms with van der Waals surface area (Å²) in [5.74, 6) is -5.71. The van der Waals surface area contributed by atoms with Crippen molar-refractivity contribution in [3.05, 3.63) is 68.9 Å². The molecule has 8 heteroatoms. The number of fused-ring (bicyclic) bond motifs is 1. The Morgan fingerprint density at radius 1 is 1.25 bits per heavy atom. The van der Waals surface area contributed by atoms with Crippen molar-refractivity contribution in [3.63, 3.8) is 0 Å². The average molecular weight is 390 g/mol. The van der Waals surface area contributed by atoms with Crippen LogP contribution in [0.15, 0.2) is 34.9 Å². The minimum Gasteiger partial charge on any atom is -0.477 e. The summed E-state index contributed by atoms with van der Waals surface area (Å²) in [4.78, 5) is 23.9. The van der Waals surface area contributed by atoms with Crippen LogP contribution >= 0.6 is 0 Å². The number of pyridine rings is 1. The maximum absolute atomic E-state index is 15.6. The van der Waals surface area contributed by atoms with Crippen LogP contribution in [0.1, 0.15) is 48.7 Å². The molecule has 0 saturated heterocycles. The minimum atomic E-state index is -1.57. The normalized spacial score (nSPS) is 21.5. The lowest BCUT2D eigenvalue weighted by Crippen LogP contribution is -2.40. The fourth-order valence-corrected chi connectivity index (χ4v) is 3.77. The second kappa shape index (κ2) is 5.98. The van der Waals surface area contributed by atoms with Crippen molar-refractivity contribution >= 4 is 16.9 Å². The summed E-state index contributed by atoms with van der Waals surface area (Å²) >= 11 is 0. The van der Waals surface area contributed by atoms with E-state index in [1.807, 2.05) is 0 Å². The first-order valence-electron chi connectivity index (χ1n) is 8.79. The van der Waals surface area contributed by atoms with E-state index in [4.69, 9.17) is 0 Å². The summed E-state index contributed by atoms with van der Waals surface area (Å²) in [6.07, 6.45) is 7.08. The van der Waals surface area contributed by atoms with Crippen molar-refractivity contribution in [2.45, 2.75) is 38.3 Å². The van der Waals surface area contributed by atoms with Crippen LogP contribution in [0.4, 0.5) is 13.2 Å². The van der Waals surface area contributed by atoms with Crippen LogP contribution in [0.2, 0.25) is 0 Å². The van der Waals surface area contributed by atoms with Gasteiger partial charge in [-0.2, -0.15) is 0 Å². The second-order valence-electron chi connectivity index (χ2n) is 7.39. The number of rotatable bonds is 3. The number of nitrogens with zero attached hydrogens (tertiary/aromatic N) is 1. The molecule has 0 spiro atoms. The third-order valence-corrected chi connectivity index (χ3v) is 5.22. The van der Waals surface area contributed by atoms with Gasteiger partial charge in [-0.1, -0.05) is 12.2 Å². The number of nitrogens with one attached hydrogen (secondary N) is 1. The Labute approximate surface area is 157 Å². The molecule has 0 amide bonds. The molecule has 2 aliphatic rings. The highest BCUT2D eigenvalue weighted by Crippen LogP contribution is 2.41. The van der Waals surface area contributed by atoms with E-state index in [2.05, 4.69) is 5.32 Å². The van der Waals surface area contributed by atoms with Gasteiger partial charge in [0.1, 0.15) is 5.56 Å². The number of aromatic nitrogens is 1. The highest BCUT2D eigenvalue weighted by atomic mass is 19.2. The van der Waals surface area contributed by atoms with Gasteiger partial charge in [-0.3, -0.25) is 4.79 Å². The Balaban J connectivity index is 2.14. The highest BCUT2D eigenvalue weighted by Gasteiger charge is 2.38. The zero-order chi connectivity index (χ0) is 20.4. The predicted molar refractivity (Wildman–Crippen MR) is 96.7 cm³/mol. The molecule has 2 heterocycles. The first-order valence-corrected chi connectivity index (χ1v) is 8.79. The molecule has 28 heavy (non-hydrogen) atoms. The van der Waals surface area contributed by atoms with E-state index in [-0.39, 0.29) is 6.04 Å². The molecule has 1 fully saturated rings. The number of carboxylic acid groups (broad SMARTS) is 1. The van der Waals surface area contributed by atoms with Crippen LogP contribution in [0.25, 0.3) is 10.9 Å². The van der Waals surface area contributed by atoms with Crippen molar-refractivity contribution < 1.29 is 23.1 Å². The average Bonchev–Trinajstić information content (AvgIpc) is 3.43. The molecule has 1 aromatic heterocycles. The number of allylic oxidation sites excluding steroid dienone is 3.